The minimum absolute atomic E-state index is 0.0640. The fourth-order valence-electron chi connectivity index (χ4n) is 2.90. The van der Waals surface area contributed by atoms with Crippen molar-refractivity contribution in [3.8, 4) is 0 Å². The maximum Gasteiger partial charge on any atom is 0.322 e. The highest BCUT2D eigenvalue weighted by Gasteiger charge is 2.33. The number of anilines is 1. The first-order valence-electron chi connectivity index (χ1n) is 8.26. The molecule has 0 bridgehead atoms. The van der Waals surface area contributed by atoms with Crippen molar-refractivity contribution in [3.63, 3.8) is 0 Å². The molecule has 24 heavy (non-hydrogen) atoms. The van der Waals surface area contributed by atoms with E-state index in [0.717, 1.165) is 29.9 Å². The van der Waals surface area contributed by atoms with Gasteiger partial charge < -0.3 is 14.7 Å². The van der Waals surface area contributed by atoms with Crippen LogP contribution in [0.3, 0.4) is 0 Å². The van der Waals surface area contributed by atoms with E-state index in [9.17, 15) is 4.79 Å². The molecule has 2 amide bonds. The Balaban J connectivity index is 1.74. The van der Waals surface area contributed by atoms with Crippen LogP contribution >= 0.6 is 11.6 Å². The summed E-state index contributed by atoms with van der Waals surface area (Å²) in [6.45, 7) is 6.78. The Bertz CT molecular complexity index is 742. The summed E-state index contributed by atoms with van der Waals surface area (Å²) in [4.78, 5) is 14.4. The van der Waals surface area contributed by atoms with E-state index in [-0.39, 0.29) is 12.1 Å². The molecule has 128 valence electrons. The molecule has 0 aliphatic carbocycles. The van der Waals surface area contributed by atoms with Crippen molar-refractivity contribution >= 4 is 23.3 Å². The number of hydrogen-bond acceptors (Lipinski definition) is 3. The van der Waals surface area contributed by atoms with Crippen molar-refractivity contribution < 1.29 is 9.32 Å². The summed E-state index contributed by atoms with van der Waals surface area (Å²) in [5, 5.41) is 7.67. The number of benzene rings is 1. The maximum atomic E-state index is 12.6. The van der Waals surface area contributed by atoms with Gasteiger partial charge >= 0.3 is 6.03 Å². The quantitative estimate of drug-likeness (QED) is 0.837. The van der Waals surface area contributed by atoms with Crippen LogP contribution in [0.25, 0.3) is 0 Å². The molecule has 1 aromatic carbocycles. The fourth-order valence-corrected chi connectivity index (χ4v) is 3.08. The first-order valence-corrected chi connectivity index (χ1v) is 8.64. The number of aryl methyl sites for hydroxylation is 1. The highest BCUT2D eigenvalue weighted by atomic mass is 35.5. The molecule has 1 saturated heterocycles. The zero-order chi connectivity index (χ0) is 17.3. The predicted molar refractivity (Wildman–Crippen MR) is 94.5 cm³/mol. The molecule has 1 N–H and O–H groups in total. The summed E-state index contributed by atoms with van der Waals surface area (Å²) in [7, 11) is 0. The highest BCUT2D eigenvalue weighted by Crippen LogP contribution is 2.34. The molecule has 6 heteroatoms. The Kier molecular flexibility index (Phi) is 4.81. The Labute approximate surface area is 147 Å². The van der Waals surface area contributed by atoms with Gasteiger partial charge in [-0.05, 0) is 43.4 Å². The normalized spacial score (nSPS) is 17.5. The molecule has 2 aromatic rings. The number of aromatic nitrogens is 1. The fraction of sp³-hybridized carbons (Fsp3) is 0.444. The van der Waals surface area contributed by atoms with Gasteiger partial charge in [-0.3, -0.25) is 0 Å². The number of rotatable bonds is 3. The topological polar surface area (TPSA) is 58.4 Å². The van der Waals surface area contributed by atoms with Crippen LogP contribution in [-0.2, 0) is 0 Å². The van der Waals surface area contributed by atoms with Crippen LogP contribution in [0.5, 0.6) is 0 Å². The lowest BCUT2D eigenvalue weighted by Crippen LogP contribution is -2.34. The van der Waals surface area contributed by atoms with Crippen LogP contribution in [0.1, 0.15) is 55.7 Å². The minimum Gasteiger partial charge on any atom is -0.359 e. The van der Waals surface area contributed by atoms with Crippen LogP contribution < -0.4 is 5.32 Å². The Morgan fingerprint density at radius 3 is 2.88 bits per heavy atom. The van der Waals surface area contributed by atoms with E-state index in [1.54, 1.807) is 11.0 Å². The molecule has 0 saturated carbocycles. The molecule has 1 fully saturated rings. The Morgan fingerprint density at radius 1 is 1.42 bits per heavy atom. The third kappa shape index (κ3) is 3.41. The van der Waals surface area contributed by atoms with E-state index in [1.165, 1.54) is 0 Å². The zero-order valence-corrected chi connectivity index (χ0v) is 14.9. The van der Waals surface area contributed by atoms with E-state index >= 15 is 0 Å². The van der Waals surface area contributed by atoms with Crippen molar-refractivity contribution in [2.45, 2.75) is 45.6 Å². The van der Waals surface area contributed by atoms with Gasteiger partial charge in [0, 0.05) is 23.3 Å². The van der Waals surface area contributed by atoms with Gasteiger partial charge in [-0.2, -0.15) is 0 Å². The summed E-state index contributed by atoms with van der Waals surface area (Å²) in [5.41, 5.74) is 2.60. The van der Waals surface area contributed by atoms with Crippen molar-refractivity contribution in [1.82, 2.24) is 10.1 Å². The van der Waals surface area contributed by atoms with Crippen LogP contribution in [0.4, 0.5) is 10.5 Å². The average molecular weight is 348 g/mol. The largest absolute Gasteiger partial charge is 0.359 e. The van der Waals surface area contributed by atoms with E-state index in [4.69, 9.17) is 16.1 Å². The minimum atomic E-state index is -0.139. The van der Waals surface area contributed by atoms with Crippen LogP contribution in [-0.4, -0.2) is 22.6 Å². The standard InChI is InChI=1S/C18H22ClN3O2/c1-11(2)15-10-17(24-21-15)16-5-4-8-22(16)18(23)20-13-7-6-12(3)14(19)9-13/h6-7,9-11,16H,4-5,8H2,1-3H3,(H,20,23)/t16-/m0/s1. The van der Waals surface area contributed by atoms with Gasteiger partial charge in [0.2, 0.25) is 0 Å². The van der Waals surface area contributed by atoms with Gasteiger partial charge in [0.05, 0.1) is 11.7 Å². The second-order valence-corrected chi connectivity index (χ2v) is 6.96. The second-order valence-electron chi connectivity index (χ2n) is 6.55. The van der Waals surface area contributed by atoms with Gasteiger partial charge in [0.25, 0.3) is 0 Å². The number of carbonyl (C=O) groups is 1. The predicted octanol–water partition coefficient (Wildman–Crippen LogP) is 5.13. The number of amides is 2. The molecule has 5 nitrogen and oxygen atoms in total. The molecule has 0 unspecified atom stereocenters. The second kappa shape index (κ2) is 6.85. The van der Waals surface area contributed by atoms with Gasteiger partial charge in [-0.15, -0.1) is 0 Å². The molecule has 0 spiro atoms. The van der Waals surface area contributed by atoms with Crippen molar-refractivity contribution in [1.29, 1.82) is 0 Å². The van der Waals surface area contributed by atoms with Gasteiger partial charge in [-0.25, -0.2) is 4.79 Å². The number of urea groups is 1. The third-order valence-corrected chi connectivity index (χ3v) is 4.81. The molecule has 1 aliphatic heterocycles. The first-order chi connectivity index (χ1) is 11.5. The number of nitrogens with zero attached hydrogens (tertiary/aromatic N) is 2. The Hall–Kier alpha value is -2.01. The van der Waals surface area contributed by atoms with Crippen LogP contribution in [0.15, 0.2) is 28.8 Å². The number of carbonyl (C=O) groups excluding carboxylic acids is 1. The summed E-state index contributed by atoms with van der Waals surface area (Å²) >= 11 is 6.13. The lowest BCUT2D eigenvalue weighted by Gasteiger charge is -2.23. The van der Waals surface area contributed by atoms with Crippen LogP contribution in [0, 0.1) is 6.92 Å². The zero-order valence-electron chi connectivity index (χ0n) is 14.2. The summed E-state index contributed by atoms with van der Waals surface area (Å²) in [6, 6.07) is 7.28. The molecule has 1 aliphatic rings. The molecule has 1 atom stereocenters. The lowest BCUT2D eigenvalue weighted by atomic mass is 10.1. The van der Waals surface area contributed by atoms with E-state index in [2.05, 4.69) is 24.3 Å². The molecular formula is C18H22ClN3O2. The van der Waals surface area contributed by atoms with Gasteiger partial charge in [-0.1, -0.05) is 36.7 Å². The smallest absolute Gasteiger partial charge is 0.322 e. The summed E-state index contributed by atoms with van der Waals surface area (Å²) in [6.07, 6.45) is 1.83. The number of likely N-dealkylation sites (tertiary alicyclic amines) is 1. The first kappa shape index (κ1) is 16.8. The third-order valence-electron chi connectivity index (χ3n) is 4.40. The van der Waals surface area contributed by atoms with Crippen molar-refractivity contribution in [3.05, 3.63) is 46.3 Å². The molecule has 1 aromatic heterocycles. The van der Waals surface area contributed by atoms with E-state index in [1.807, 2.05) is 25.1 Å². The summed E-state index contributed by atoms with van der Waals surface area (Å²) < 4.78 is 5.48. The summed E-state index contributed by atoms with van der Waals surface area (Å²) in [5.74, 6) is 1.06. The van der Waals surface area contributed by atoms with Crippen molar-refractivity contribution in [2.24, 2.45) is 0 Å². The van der Waals surface area contributed by atoms with Gasteiger partial charge in [0.15, 0.2) is 5.76 Å². The Morgan fingerprint density at radius 2 is 2.21 bits per heavy atom. The molecule has 2 heterocycles. The SMILES string of the molecule is Cc1ccc(NC(=O)N2CCC[C@H]2c2cc(C(C)C)no2)cc1Cl. The molecular weight excluding hydrogens is 326 g/mol. The average Bonchev–Trinajstić information content (AvgIpc) is 3.18. The highest BCUT2D eigenvalue weighted by molar-refractivity contribution is 6.31. The van der Waals surface area contributed by atoms with E-state index < -0.39 is 0 Å². The monoisotopic (exact) mass is 347 g/mol. The molecule has 0 radical (unpaired) electrons. The lowest BCUT2D eigenvalue weighted by molar-refractivity contribution is 0.195. The number of hydrogen-bond donors (Lipinski definition) is 1. The molecule has 3 rings (SSSR count). The maximum absolute atomic E-state index is 12.6. The van der Waals surface area contributed by atoms with E-state index in [0.29, 0.717) is 23.2 Å². The van der Waals surface area contributed by atoms with Gasteiger partial charge in [0.1, 0.15) is 0 Å². The number of nitrogens with one attached hydrogen (secondary N) is 1. The van der Waals surface area contributed by atoms with Crippen LogP contribution in [0.2, 0.25) is 5.02 Å². The number of halogens is 1. The van der Waals surface area contributed by atoms with Crippen molar-refractivity contribution in [2.75, 3.05) is 11.9 Å².